The van der Waals surface area contributed by atoms with Crippen LogP contribution in [0.5, 0.6) is 0 Å². The van der Waals surface area contributed by atoms with Gasteiger partial charge in [-0.3, -0.25) is 9.59 Å². The summed E-state index contributed by atoms with van der Waals surface area (Å²) in [6.07, 6.45) is 1.63. The van der Waals surface area contributed by atoms with Gasteiger partial charge in [0.15, 0.2) is 0 Å². The van der Waals surface area contributed by atoms with Gasteiger partial charge in [-0.2, -0.15) is 0 Å². The monoisotopic (exact) mass is 275 g/mol. The lowest BCUT2D eigenvalue weighted by atomic mass is 10.0. The third-order valence-electron chi connectivity index (χ3n) is 3.43. The van der Waals surface area contributed by atoms with Gasteiger partial charge in [0.05, 0.1) is 0 Å². The number of carbonyl (C=O) groups is 2. The zero-order valence-electron chi connectivity index (χ0n) is 12.0. The summed E-state index contributed by atoms with van der Waals surface area (Å²) in [5.74, 6) is 0.353. The van der Waals surface area contributed by atoms with E-state index in [4.69, 9.17) is 0 Å². The van der Waals surface area contributed by atoms with E-state index in [1.165, 1.54) is 6.92 Å². The standard InChI is InChI=1S/C15H21N3O2/c1-11(19)16-13-4-3-5-14(9-13)17-15(20)8-12-6-7-18(2)10-12/h3-5,9,12H,6-8,10H2,1-2H3,(H,16,19)(H,17,20). The van der Waals surface area contributed by atoms with Crippen molar-refractivity contribution in [2.24, 2.45) is 5.92 Å². The van der Waals surface area contributed by atoms with Crippen molar-refractivity contribution in [3.63, 3.8) is 0 Å². The average Bonchev–Trinajstić information content (AvgIpc) is 2.74. The van der Waals surface area contributed by atoms with E-state index in [9.17, 15) is 9.59 Å². The Morgan fingerprint density at radius 1 is 1.30 bits per heavy atom. The molecule has 1 aromatic carbocycles. The molecule has 2 amide bonds. The van der Waals surface area contributed by atoms with Crippen molar-refractivity contribution in [2.45, 2.75) is 19.8 Å². The molecular weight excluding hydrogens is 254 g/mol. The number of rotatable bonds is 4. The zero-order valence-corrected chi connectivity index (χ0v) is 12.0. The molecule has 0 aliphatic carbocycles. The van der Waals surface area contributed by atoms with E-state index in [0.29, 0.717) is 23.7 Å². The number of likely N-dealkylation sites (tertiary alicyclic amines) is 1. The first kappa shape index (κ1) is 14.5. The van der Waals surface area contributed by atoms with Crippen molar-refractivity contribution < 1.29 is 9.59 Å². The highest BCUT2D eigenvalue weighted by atomic mass is 16.2. The highest BCUT2D eigenvalue weighted by Crippen LogP contribution is 2.20. The zero-order chi connectivity index (χ0) is 14.5. The van der Waals surface area contributed by atoms with Crippen LogP contribution in [0.1, 0.15) is 19.8 Å². The molecule has 0 radical (unpaired) electrons. The summed E-state index contributed by atoms with van der Waals surface area (Å²) >= 11 is 0. The van der Waals surface area contributed by atoms with E-state index >= 15 is 0 Å². The molecule has 20 heavy (non-hydrogen) atoms. The van der Waals surface area contributed by atoms with Crippen molar-refractivity contribution in [3.05, 3.63) is 24.3 Å². The maximum atomic E-state index is 12.0. The van der Waals surface area contributed by atoms with E-state index in [-0.39, 0.29) is 11.8 Å². The number of hydrogen-bond acceptors (Lipinski definition) is 3. The molecule has 5 heteroatoms. The Balaban J connectivity index is 1.89. The fourth-order valence-electron chi connectivity index (χ4n) is 2.55. The summed E-state index contributed by atoms with van der Waals surface area (Å²) in [4.78, 5) is 25.2. The second-order valence-electron chi connectivity index (χ2n) is 5.43. The van der Waals surface area contributed by atoms with Crippen LogP contribution in [0.25, 0.3) is 0 Å². The number of carbonyl (C=O) groups excluding carboxylic acids is 2. The van der Waals surface area contributed by atoms with Gasteiger partial charge in [-0.15, -0.1) is 0 Å². The third-order valence-corrected chi connectivity index (χ3v) is 3.43. The van der Waals surface area contributed by atoms with Gasteiger partial charge in [-0.25, -0.2) is 0 Å². The van der Waals surface area contributed by atoms with Crippen LogP contribution in [0.15, 0.2) is 24.3 Å². The molecule has 1 atom stereocenters. The van der Waals surface area contributed by atoms with Gasteiger partial charge < -0.3 is 15.5 Å². The van der Waals surface area contributed by atoms with Crippen LogP contribution in [-0.2, 0) is 9.59 Å². The second-order valence-corrected chi connectivity index (χ2v) is 5.43. The van der Waals surface area contributed by atoms with E-state index in [1.54, 1.807) is 12.1 Å². The van der Waals surface area contributed by atoms with E-state index in [1.807, 2.05) is 12.1 Å². The summed E-state index contributed by atoms with van der Waals surface area (Å²) < 4.78 is 0. The fourth-order valence-corrected chi connectivity index (χ4v) is 2.55. The first-order valence-electron chi connectivity index (χ1n) is 6.89. The molecule has 1 fully saturated rings. The molecule has 108 valence electrons. The molecule has 1 saturated heterocycles. The van der Waals surface area contributed by atoms with Crippen LogP contribution >= 0.6 is 0 Å². The molecule has 0 aromatic heterocycles. The molecular formula is C15H21N3O2. The predicted molar refractivity (Wildman–Crippen MR) is 79.6 cm³/mol. The van der Waals surface area contributed by atoms with Gasteiger partial charge in [0.1, 0.15) is 0 Å². The van der Waals surface area contributed by atoms with Crippen molar-refractivity contribution in [3.8, 4) is 0 Å². The number of nitrogens with one attached hydrogen (secondary N) is 2. The van der Waals surface area contributed by atoms with Gasteiger partial charge in [-0.05, 0) is 44.1 Å². The van der Waals surface area contributed by atoms with Gasteiger partial charge in [-0.1, -0.05) is 6.07 Å². The molecule has 5 nitrogen and oxygen atoms in total. The largest absolute Gasteiger partial charge is 0.326 e. The molecule has 2 rings (SSSR count). The molecule has 1 heterocycles. The van der Waals surface area contributed by atoms with Crippen LogP contribution in [-0.4, -0.2) is 36.9 Å². The van der Waals surface area contributed by atoms with Crippen LogP contribution < -0.4 is 10.6 Å². The topological polar surface area (TPSA) is 61.4 Å². The van der Waals surface area contributed by atoms with Crippen molar-refractivity contribution in [1.82, 2.24) is 4.90 Å². The normalized spacial score (nSPS) is 18.8. The highest BCUT2D eigenvalue weighted by Gasteiger charge is 2.21. The smallest absolute Gasteiger partial charge is 0.224 e. The predicted octanol–water partition coefficient (Wildman–Crippen LogP) is 1.93. The summed E-state index contributed by atoms with van der Waals surface area (Å²) in [5, 5.41) is 5.59. The lowest BCUT2D eigenvalue weighted by Gasteiger charge is -2.11. The Bertz CT molecular complexity index is 502. The lowest BCUT2D eigenvalue weighted by Crippen LogP contribution is -2.19. The number of nitrogens with zero attached hydrogens (tertiary/aromatic N) is 1. The van der Waals surface area contributed by atoms with Crippen molar-refractivity contribution in [2.75, 3.05) is 30.8 Å². The molecule has 2 N–H and O–H groups in total. The Morgan fingerprint density at radius 2 is 2.00 bits per heavy atom. The Hall–Kier alpha value is -1.88. The number of anilines is 2. The average molecular weight is 275 g/mol. The van der Waals surface area contributed by atoms with Gasteiger partial charge in [0.2, 0.25) is 11.8 Å². The minimum Gasteiger partial charge on any atom is -0.326 e. The summed E-state index contributed by atoms with van der Waals surface area (Å²) in [6, 6.07) is 7.19. The van der Waals surface area contributed by atoms with Crippen LogP contribution in [0.2, 0.25) is 0 Å². The lowest BCUT2D eigenvalue weighted by molar-refractivity contribution is -0.117. The van der Waals surface area contributed by atoms with Gasteiger partial charge in [0.25, 0.3) is 0 Å². The molecule has 1 unspecified atom stereocenters. The number of hydrogen-bond donors (Lipinski definition) is 2. The number of benzene rings is 1. The maximum Gasteiger partial charge on any atom is 0.224 e. The molecule has 1 aromatic rings. The van der Waals surface area contributed by atoms with E-state index in [2.05, 4.69) is 22.6 Å². The number of amides is 2. The molecule has 0 bridgehead atoms. The molecule has 0 saturated carbocycles. The molecule has 0 spiro atoms. The van der Waals surface area contributed by atoms with Crippen LogP contribution in [0.3, 0.4) is 0 Å². The first-order valence-corrected chi connectivity index (χ1v) is 6.89. The Labute approximate surface area is 119 Å². The first-order chi connectivity index (χ1) is 9.52. The van der Waals surface area contributed by atoms with Gasteiger partial charge >= 0.3 is 0 Å². The minimum absolute atomic E-state index is 0.0327. The minimum atomic E-state index is -0.123. The summed E-state index contributed by atoms with van der Waals surface area (Å²) in [7, 11) is 2.08. The third kappa shape index (κ3) is 4.35. The van der Waals surface area contributed by atoms with Gasteiger partial charge in [0, 0.05) is 31.3 Å². The maximum absolute atomic E-state index is 12.0. The molecule has 1 aliphatic heterocycles. The van der Waals surface area contributed by atoms with Crippen molar-refractivity contribution >= 4 is 23.2 Å². The van der Waals surface area contributed by atoms with E-state index in [0.717, 1.165) is 19.5 Å². The fraction of sp³-hybridized carbons (Fsp3) is 0.467. The Kier molecular flexibility index (Phi) is 4.74. The highest BCUT2D eigenvalue weighted by molar-refractivity contribution is 5.93. The Morgan fingerprint density at radius 3 is 2.60 bits per heavy atom. The quantitative estimate of drug-likeness (QED) is 0.882. The van der Waals surface area contributed by atoms with Crippen molar-refractivity contribution in [1.29, 1.82) is 0 Å². The summed E-state index contributed by atoms with van der Waals surface area (Å²) in [5.41, 5.74) is 1.41. The molecule has 1 aliphatic rings. The SMILES string of the molecule is CC(=O)Nc1cccc(NC(=O)CC2CCN(C)C2)c1. The van der Waals surface area contributed by atoms with Crippen LogP contribution in [0, 0.1) is 5.92 Å². The summed E-state index contributed by atoms with van der Waals surface area (Å²) in [6.45, 7) is 3.51. The van der Waals surface area contributed by atoms with Crippen LogP contribution in [0.4, 0.5) is 11.4 Å². The second kappa shape index (κ2) is 6.52. The van der Waals surface area contributed by atoms with E-state index < -0.39 is 0 Å².